The quantitative estimate of drug-likeness (QED) is 0.296. The topological polar surface area (TPSA) is 194 Å². The van der Waals surface area contributed by atoms with Crippen molar-refractivity contribution in [3.63, 3.8) is 0 Å². The Morgan fingerprint density at radius 3 is 2.51 bits per heavy atom. The van der Waals surface area contributed by atoms with Gasteiger partial charge in [0, 0.05) is 35.3 Å². The van der Waals surface area contributed by atoms with Gasteiger partial charge < -0.3 is 29.5 Å². The van der Waals surface area contributed by atoms with E-state index in [4.69, 9.17) is 14.2 Å². The first-order valence-corrected chi connectivity index (χ1v) is 22.0. The fourth-order valence-electron chi connectivity index (χ4n) is 9.17. The Bertz CT molecular complexity index is 2040. The van der Waals surface area contributed by atoms with Gasteiger partial charge >= 0.3 is 6.09 Å². The lowest BCUT2D eigenvalue weighted by Gasteiger charge is -2.42. The minimum Gasteiger partial charge on any atom is -0.486 e. The molecule has 7 rings (SSSR count). The van der Waals surface area contributed by atoms with Crippen LogP contribution in [-0.4, -0.2) is 106 Å². The molecule has 2 aliphatic carbocycles. The van der Waals surface area contributed by atoms with Crippen molar-refractivity contribution >= 4 is 44.6 Å². The van der Waals surface area contributed by atoms with Gasteiger partial charge in [-0.25, -0.2) is 18.2 Å². The van der Waals surface area contributed by atoms with E-state index in [0.717, 1.165) is 11.8 Å². The molecule has 15 nitrogen and oxygen atoms in total. The number of allylic oxidation sites excluding steroid dienone is 1. The lowest BCUT2D eigenvalue weighted by Crippen LogP contribution is -2.62. The molecule has 4 heterocycles. The fourth-order valence-corrected chi connectivity index (χ4v) is 10.5. The van der Waals surface area contributed by atoms with Crippen LogP contribution < -0.4 is 24.2 Å². The van der Waals surface area contributed by atoms with Crippen LogP contribution in [-0.2, 0) is 24.4 Å². The summed E-state index contributed by atoms with van der Waals surface area (Å²) < 4.78 is 46.5. The molecule has 57 heavy (non-hydrogen) atoms. The highest BCUT2D eigenvalue weighted by Gasteiger charge is 2.62. The molecule has 1 unspecified atom stereocenters. The van der Waals surface area contributed by atoms with Gasteiger partial charge in [0.2, 0.25) is 27.7 Å². The summed E-state index contributed by atoms with van der Waals surface area (Å²) in [5.74, 6) is -1.34. The summed E-state index contributed by atoms with van der Waals surface area (Å²) in [5, 5.41) is 14.4. The van der Waals surface area contributed by atoms with E-state index in [1.807, 2.05) is 39.0 Å². The normalized spacial score (nSPS) is 31.0. The average molecular weight is 810 g/mol. The van der Waals surface area contributed by atoms with Gasteiger partial charge in [0.1, 0.15) is 36.9 Å². The van der Waals surface area contributed by atoms with Gasteiger partial charge in [-0.05, 0) is 88.3 Å². The lowest BCUT2D eigenvalue weighted by molar-refractivity contribution is -0.147. The first kappa shape index (κ1) is 40.6. The summed E-state index contributed by atoms with van der Waals surface area (Å²) >= 11 is 0. The van der Waals surface area contributed by atoms with Crippen LogP contribution in [0.5, 0.6) is 17.4 Å². The third-order valence-electron chi connectivity index (χ3n) is 12.6. The van der Waals surface area contributed by atoms with Crippen molar-refractivity contribution < 1.29 is 46.9 Å². The molecule has 2 aromatic rings. The number of nitrogens with zero attached hydrogens (tertiary/aromatic N) is 3. The number of amides is 4. The first-order valence-electron chi connectivity index (χ1n) is 20.4. The van der Waals surface area contributed by atoms with Crippen LogP contribution >= 0.6 is 0 Å². The van der Waals surface area contributed by atoms with E-state index in [1.165, 1.54) is 9.80 Å². The summed E-state index contributed by atoms with van der Waals surface area (Å²) in [6.07, 6.45) is 7.42. The molecule has 0 radical (unpaired) electrons. The summed E-state index contributed by atoms with van der Waals surface area (Å²) in [4.78, 5) is 64.4. The van der Waals surface area contributed by atoms with E-state index in [9.17, 15) is 27.9 Å². The highest BCUT2D eigenvalue weighted by Crippen LogP contribution is 2.47. The molecule has 2 saturated carbocycles. The van der Waals surface area contributed by atoms with Gasteiger partial charge in [-0.1, -0.05) is 39.8 Å². The van der Waals surface area contributed by atoms with Gasteiger partial charge in [0.25, 0.3) is 5.91 Å². The minimum absolute atomic E-state index is 0.00447. The number of nitrogens with one attached hydrogen (secondary N) is 2. The van der Waals surface area contributed by atoms with Crippen molar-refractivity contribution in [2.75, 3.05) is 13.2 Å². The molecule has 0 bridgehead atoms. The number of hydrogen-bond donors (Lipinski definition) is 3. The van der Waals surface area contributed by atoms with Crippen LogP contribution in [0.15, 0.2) is 36.5 Å². The van der Waals surface area contributed by atoms with Gasteiger partial charge in [0.15, 0.2) is 11.5 Å². The predicted molar refractivity (Wildman–Crippen MR) is 210 cm³/mol. The number of carboxylic acid groups (broad SMARTS) is 1. The number of benzene rings is 1. The molecule has 1 aromatic carbocycles. The molecular formula is C41H55N5O10S. The van der Waals surface area contributed by atoms with Crippen molar-refractivity contribution in [1.82, 2.24) is 24.8 Å². The fraction of sp³-hybridized carbons (Fsp3) is 0.634. The second-order valence-corrected chi connectivity index (χ2v) is 18.5. The van der Waals surface area contributed by atoms with Crippen LogP contribution in [0.4, 0.5) is 4.79 Å². The number of pyridine rings is 1. The van der Waals surface area contributed by atoms with E-state index in [0.29, 0.717) is 68.6 Å². The number of carbonyl (C=O) groups excluding carboxylic acids is 3. The number of rotatable bonds is 9. The molecule has 3 aliphatic heterocycles. The van der Waals surface area contributed by atoms with Gasteiger partial charge in [-0.15, -0.1) is 0 Å². The first-order chi connectivity index (χ1) is 27.2. The molecule has 4 amide bonds. The molecule has 16 heteroatoms. The molecule has 1 aromatic heterocycles. The van der Waals surface area contributed by atoms with Crippen LogP contribution in [0.1, 0.15) is 92.4 Å². The summed E-state index contributed by atoms with van der Waals surface area (Å²) in [5.41, 5.74) is -1.55. The Balaban J connectivity index is 1.29. The summed E-state index contributed by atoms with van der Waals surface area (Å²) in [7, 11) is -3.93. The minimum atomic E-state index is -3.93. The predicted octanol–water partition coefficient (Wildman–Crippen LogP) is 4.78. The van der Waals surface area contributed by atoms with E-state index >= 15 is 4.79 Å². The smallest absolute Gasteiger partial charge is 0.408 e. The summed E-state index contributed by atoms with van der Waals surface area (Å²) in [6.45, 7) is 10.3. The number of fused-ring (bicyclic) bond motifs is 5. The Morgan fingerprint density at radius 2 is 1.81 bits per heavy atom. The van der Waals surface area contributed by atoms with Crippen LogP contribution in [0, 0.1) is 17.8 Å². The summed E-state index contributed by atoms with van der Waals surface area (Å²) in [6, 6.07) is 1.87. The Hall–Kier alpha value is -4.60. The van der Waals surface area contributed by atoms with Crippen molar-refractivity contribution in [3.05, 3.63) is 36.5 Å². The standard InChI is InChI=1S/C41H55N5O10S/c1-6-27(7-2)46(40(50)51)34-24(4)20-23(3)10-8-9-11-26-22-41(26,39(49)44-57(52,53)28-12-13-28)43-36(47)31-21-33(25(5)45(31)38(34)48)56-37-30-14-15-32-35(55-19-18-54-32)29(30)16-17-42-37/h9,11,14-17,23-28,31,33-34H,6-8,10,12-13,18-22H2,1-5H3,(H,43,47)(H,44,49)(H,50,51)/b11-9-/t23-,24-,25?,26-,31+,33-,34+,41-/m1/s1. The largest absolute Gasteiger partial charge is 0.486 e. The highest BCUT2D eigenvalue weighted by molar-refractivity contribution is 7.91. The maximum Gasteiger partial charge on any atom is 0.408 e. The molecule has 5 aliphatic rings. The molecule has 8 atom stereocenters. The lowest BCUT2D eigenvalue weighted by atomic mass is 9.86. The molecule has 1 saturated heterocycles. The number of aromatic nitrogens is 1. The molecule has 3 fully saturated rings. The number of hydrogen-bond acceptors (Lipinski definition) is 10. The van der Waals surface area contributed by atoms with Crippen LogP contribution in [0.3, 0.4) is 0 Å². The highest BCUT2D eigenvalue weighted by atomic mass is 32.2. The average Bonchev–Trinajstić information content (AvgIpc) is 4.11. The van der Waals surface area contributed by atoms with Gasteiger partial charge in [-0.2, -0.15) is 0 Å². The van der Waals surface area contributed by atoms with Crippen molar-refractivity contribution in [1.29, 1.82) is 0 Å². The van der Waals surface area contributed by atoms with Crippen molar-refractivity contribution in [3.8, 4) is 17.4 Å². The van der Waals surface area contributed by atoms with Crippen molar-refractivity contribution in [2.24, 2.45) is 17.8 Å². The van der Waals surface area contributed by atoms with Gasteiger partial charge in [-0.3, -0.25) is 24.0 Å². The van der Waals surface area contributed by atoms with E-state index in [1.54, 1.807) is 25.3 Å². The molecule has 310 valence electrons. The SMILES string of the molecule is CCC(CC)N(C(=O)O)[C@@H]1C(=O)N2C(C)[C@H](Oc3nccc4c5c(ccc34)OCCO5)C[C@H]2C(=O)N[C@]2(C(=O)NS(=O)(=O)C3CC3)C[C@H]2/C=C\CC[C@@H](C)C[C@H]1C. The van der Waals surface area contributed by atoms with E-state index in [2.05, 4.69) is 21.9 Å². The zero-order chi connectivity index (χ0) is 40.8. The molecular weight excluding hydrogens is 755 g/mol. The second-order valence-electron chi connectivity index (χ2n) is 16.6. The second kappa shape index (κ2) is 16.0. The van der Waals surface area contributed by atoms with E-state index in [-0.39, 0.29) is 24.6 Å². The maximum atomic E-state index is 15.3. The zero-order valence-corrected chi connectivity index (χ0v) is 34.1. The third kappa shape index (κ3) is 7.85. The Kier molecular flexibility index (Phi) is 11.4. The van der Waals surface area contributed by atoms with Crippen LogP contribution in [0.25, 0.3) is 10.8 Å². The van der Waals surface area contributed by atoms with E-state index < -0.39 is 86.7 Å². The van der Waals surface area contributed by atoms with Crippen LogP contribution in [0.2, 0.25) is 0 Å². The Morgan fingerprint density at radius 1 is 1.07 bits per heavy atom. The number of sulfonamides is 1. The van der Waals surface area contributed by atoms with Gasteiger partial charge in [0.05, 0.1) is 11.3 Å². The van der Waals surface area contributed by atoms with Crippen molar-refractivity contribution in [2.45, 2.75) is 133 Å². The molecule has 3 N–H and O–H groups in total. The monoisotopic (exact) mass is 809 g/mol. The third-order valence-corrected chi connectivity index (χ3v) is 14.4. The molecule has 0 spiro atoms. The maximum absolute atomic E-state index is 15.3. The number of ether oxygens (including phenoxy) is 3. The number of carbonyl (C=O) groups is 4. The zero-order valence-electron chi connectivity index (χ0n) is 33.3. The Labute approximate surface area is 333 Å².